The molecule has 2 aromatic carbocycles. The highest BCUT2D eigenvalue weighted by molar-refractivity contribution is 7.99. The van der Waals surface area contributed by atoms with E-state index in [1.165, 1.54) is 23.4 Å². The maximum absolute atomic E-state index is 12.9. The van der Waals surface area contributed by atoms with E-state index in [0.717, 1.165) is 5.56 Å². The number of rotatable bonds is 6. The fourth-order valence-electron chi connectivity index (χ4n) is 2.78. The third-order valence-electron chi connectivity index (χ3n) is 4.05. The Morgan fingerprint density at radius 3 is 2.50 bits per heavy atom. The Hall–Kier alpha value is -3.26. The van der Waals surface area contributed by atoms with Crippen LogP contribution in [0.15, 0.2) is 69.0 Å². The van der Waals surface area contributed by atoms with Crippen molar-refractivity contribution in [3.05, 3.63) is 70.5 Å². The van der Waals surface area contributed by atoms with Crippen molar-refractivity contribution in [2.75, 3.05) is 5.75 Å². The smallest absolute Gasteiger partial charge is 0.277 e. The number of carbonyl (C=O) groups excluding carboxylic acids is 1. The number of carbonyl (C=O) groups is 1. The molecule has 0 aliphatic carbocycles. The van der Waals surface area contributed by atoms with Crippen molar-refractivity contribution in [1.29, 1.82) is 0 Å². The SMILES string of the molecule is CC(=O)CSc1nnc(-c2nn(Cc3ccccc3)c(=O)c3ccccc23)o1. The molecule has 2 aromatic heterocycles. The number of fused-ring (bicyclic) bond motifs is 1. The van der Waals surface area contributed by atoms with E-state index in [2.05, 4.69) is 15.3 Å². The second-order valence-corrected chi connectivity index (χ2v) is 7.13. The molecule has 0 bridgehead atoms. The van der Waals surface area contributed by atoms with Gasteiger partial charge < -0.3 is 4.42 Å². The van der Waals surface area contributed by atoms with Crippen LogP contribution in [0.25, 0.3) is 22.4 Å². The Bertz CT molecular complexity index is 1200. The van der Waals surface area contributed by atoms with Crippen LogP contribution in [0, 0.1) is 0 Å². The van der Waals surface area contributed by atoms with Gasteiger partial charge in [0.1, 0.15) is 5.78 Å². The first-order valence-corrected chi connectivity index (χ1v) is 9.60. The van der Waals surface area contributed by atoms with Gasteiger partial charge in [0.05, 0.1) is 17.7 Å². The van der Waals surface area contributed by atoms with Crippen LogP contribution in [0.3, 0.4) is 0 Å². The van der Waals surface area contributed by atoms with Crippen molar-refractivity contribution in [2.24, 2.45) is 0 Å². The van der Waals surface area contributed by atoms with E-state index in [9.17, 15) is 9.59 Å². The van der Waals surface area contributed by atoms with Gasteiger partial charge in [0.15, 0.2) is 5.69 Å². The summed E-state index contributed by atoms with van der Waals surface area (Å²) in [6, 6.07) is 16.8. The fourth-order valence-corrected chi connectivity index (χ4v) is 3.35. The number of benzene rings is 2. The zero-order valence-corrected chi connectivity index (χ0v) is 15.8. The van der Waals surface area contributed by atoms with Gasteiger partial charge in [-0.25, -0.2) is 4.68 Å². The zero-order valence-electron chi connectivity index (χ0n) is 15.0. The number of Topliss-reactive ketones (excluding diaryl/α,β-unsaturated/α-hetero) is 1. The van der Waals surface area contributed by atoms with Gasteiger partial charge in [-0.3, -0.25) is 9.59 Å². The molecular formula is C20H16N4O3S. The lowest BCUT2D eigenvalue weighted by molar-refractivity contribution is -0.114. The highest BCUT2D eigenvalue weighted by Crippen LogP contribution is 2.26. The molecular weight excluding hydrogens is 376 g/mol. The number of aromatic nitrogens is 4. The van der Waals surface area contributed by atoms with Crippen LogP contribution in [0.4, 0.5) is 0 Å². The maximum atomic E-state index is 12.9. The molecule has 8 heteroatoms. The third kappa shape index (κ3) is 3.72. The van der Waals surface area contributed by atoms with E-state index < -0.39 is 0 Å². The summed E-state index contributed by atoms with van der Waals surface area (Å²) in [5.41, 5.74) is 1.21. The maximum Gasteiger partial charge on any atom is 0.277 e. The minimum Gasteiger partial charge on any atom is -0.409 e. The van der Waals surface area contributed by atoms with Crippen molar-refractivity contribution in [1.82, 2.24) is 20.0 Å². The lowest BCUT2D eigenvalue weighted by Gasteiger charge is -2.09. The molecule has 28 heavy (non-hydrogen) atoms. The molecule has 0 saturated carbocycles. The number of hydrogen-bond acceptors (Lipinski definition) is 7. The molecule has 0 N–H and O–H groups in total. The van der Waals surface area contributed by atoms with Crippen LogP contribution in [0.2, 0.25) is 0 Å². The topological polar surface area (TPSA) is 90.9 Å². The van der Waals surface area contributed by atoms with Crippen molar-refractivity contribution < 1.29 is 9.21 Å². The molecule has 4 aromatic rings. The Balaban J connectivity index is 1.80. The molecule has 0 radical (unpaired) electrons. The monoisotopic (exact) mass is 392 g/mol. The van der Waals surface area contributed by atoms with Gasteiger partial charge in [0.25, 0.3) is 16.7 Å². The summed E-state index contributed by atoms with van der Waals surface area (Å²) in [6.07, 6.45) is 0. The molecule has 0 saturated heterocycles. The number of ketones is 1. The van der Waals surface area contributed by atoms with E-state index in [1.807, 2.05) is 42.5 Å². The van der Waals surface area contributed by atoms with E-state index >= 15 is 0 Å². The number of nitrogens with zero attached hydrogens (tertiary/aromatic N) is 4. The van der Waals surface area contributed by atoms with E-state index in [1.54, 1.807) is 12.1 Å². The predicted molar refractivity (Wildman–Crippen MR) is 106 cm³/mol. The zero-order chi connectivity index (χ0) is 19.5. The molecule has 4 rings (SSSR count). The first-order valence-electron chi connectivity index (χ1n) is 8.62. The molecule has 0 aliphatic heterocycles. The molecule has 140 valence electrons. The van der Waals surface area contributed by atoms with Crippen molar-refractivity contribution in [2.45, 2.75) is 18.7 Å². The normalized spacial score (nSPS) is 11.0. The van der Waals surface area contributed by atoms with Gasteiger partial charge in [-0.1, -0.05) is 60.3 Å². The summed E-state index contributed by atoms with van der Waals surface area (Å²) in [4.78, 5) is 24.1. The Kier molecular flexibility index (Phi) is 5.03. The minimum absolute atomic E-state index is 0.0183. The predicted octanol–water partition coefficient (Wildman–Crippen LogP) is 3.18. The first kappa shape index (κ1) is 18.1. The summed E-state index contributed by atoms with van der Waals surface area (Å²) in [5.74, 6) is 0.484. The largest absolute Gasteiger partial charge is 0.409 e. The van der Waals surface area contributed by atoms with E-state index in [-0.39, 0.29) is 28.2 Å². The Labute approximate surface area is 164 Å². The molecule has 0 unspecified atom stereocenters. The second-order valence-electron chi connectivity index (χ2n) is 6.21. The highest BCUT2D eigenvalue weighted by Gasteiger charge is 2.18. The van der Waals surface area contributed by atoms with E-state index in [0.29, 0.717) is 23.0 Å². The van der Waals surface area contributed by atoms with Crippen molar-refractivity contribution in [3.63, 3.8) is 0 Å². The molecule has 0 aliphatic rings. The van der Waals surface area contributed by atoms with Crippen LogP contribution in [-0.4, -0.2) is 31.5 Å². The van der Waals surface area contributed by atoms with Gasteiger partial charge in [-0.05, 0) is 18.6 Å². The molecule has 2 heterocycles. The second kappa shape index (κ2) is 7.77. The molecule has 0 amide bonds. The number of thioether (sulfide) groups is 1. The third-order valence-corrected chi connectivity index (χ3v) is 5.01. The lowest BCUT2D eigenvalue weighted by Crippen LogP contribution is -2.24. The quantitative estimate of drug-likeness (QED) is 0.465. The van der Waals surface area contributed by atoms with Gasteiger partial charge in [0, 0.05) is 5.39 Å². The lowest BCUT2D eigenvalue weighted by atomic mass is 10.1. The fraction of sp³-hybridized carbons (Fsp3) is 0.150. The average molecular weight is 392 g/mol. The highest BCUT2D eigenvalue weighted by atomic mass is 32.2. The summed E-state index contributed by atoms with van der Waals surface area (Å²) in [6.45, 7) is 1.83. The number of hydrogen-bond donors (Lipinski definition) is 0. The van der Waals surface area contributed by atoms with Crippen molar-refractivity contribution in [3.8, 4) is 11.6 Å². The van der Waals surface area contributed by atoms with Crippen LogP contribution < -0.4 is 5.56 Å². The molecule has 0 atom stereocenters. The summed E-state index contributed by atoms with van der Waals surface area (Å²) in [7, 11) is 0. The Morgan fingerprint density at radius 2 is 1.75 bits per heavy atom. The Morgan fingerprint density at radius 1 is 1.04 bits per heavy atom. The molecule has 0 fully saturated rings. The average Bonchev–Trinajstić information content (AvgIpc) is 3.18. The molecule has 0 spiro atoms. The van der Waals surface area contributed by atoms with Gasteiger partial charge >= 0.3 is 0 Å². The molecule has 7 nitrogen and oxygen atoms in total. The van der Waals surface area contributed by atoms with Crippen LogP contribution in [0.1, 0.15) is 12.5 Å². The summed E-state index contributed by atoms with van der Waals surface area (Å²) >= 11 is 1.17. The van der Waals surface area contributed by atoms with Crippen LogP contribution in [0.5, 0.6) is 0 Å². The van der Waals surface area contributed by atoms with Crippen LogP contribution in [-0.2, 0) is 11.3 Å². The minimum atomic E-state index is -0.186. The summed E-state index contributed by atoms with van der Waals surface area (Å²) in [5, 5.41) is 14.0. The van der Waals surface area contributed by atoms with Gasteiger partial charge in [0.2, 0.25) is 0 Å². The van der Waals surface area contributed by atoms with E-state index in [4.69, 9.17) is 4.42 Å². The van der Waals surface area contributed by atoms with Crippen molar-refractivity contribution >= 4 is 28.3 Å². The van der Waals surface area contributed by atoms with Gasteiger partial charge in [-0.15, -0.1) is 10.2 Å². The summed E-state index contributed by atoms with van der Waals surface area (Å²) < 4.78 is 7.09. The van der Waals surface area contributed by atoms with Crippen LogP contribution >= 0.6 is 11.8 Å². The van der Waals surface area contributed by atoms with Gasteiger partial charge in [-0.2, -0.15) is 5.10 Å². The standard InChI is InChI=1S/C20H16N4O3S/c1-13(25)12-28-20-22-21-18(27-20)17-15-9-5-6-10-16(15)19(26)24(23-17)11-14-7-3-2-4-8-14/h2-10H,11-12H2,1H3. The first-order chi connectivity index (χ1) is 13.6.